The van der Waals surface area contributed by atoms with Gasteiger partial charge in [0.1, 0.15) is 0 Å². The zero-order valence-electron chi connectivity index (χ0n) is 13.9. The summed E-state index contributed by atoms with van der Waals surface area (Å²) in [5.41, 5.74) is -0.00474. The second-order valence-corrected chi connectivity index (χ2v) is 8.46. The molecule has 114 valence electrons. The van der Waals surface area contributed by atoms with E-state index in [1.165, 1.54) is 12.2 Å². The van der Waals surface area contributed by atoms with Gasteiger partial charge < -0.3 is 10.1 Å². The first-order valence-electron chi connectivity index (χ1n) is 7.77. The van der Waals surface area contributed by atoms with Gasteiger partial charge in [0, 0.05) is 23.0 Å². The fourth-order valence-corrected chi connectivity index (χ4v) is 4.32. The fraction of sp³-hybridized carbons (Fsp3) is 1.00. The van der Waals surface area contributed by atoms with Crippen molar-refractivity contribution in [2.45, 2.75) is 83.8 Å². The van der Waals surface area contributed by atoms with Crippen LogP contribution >= 0.6 is 11.8 Å². The summed E-state index contributed by atoms with van der Waals surface area (Å²) in [4.78, 5) is 0. The zero-order valence-corrected chi connectivity index (χ0v) is 14.7. The van der Waals surface area contributed by atoms with E-state index in [0.717, 1.165) is 18.2 Å². The van der Waals surface area contributed by atoms with Gasteiger partial charge >= 0.3 is 0 Å². The SMILES string of the molecule is CCNC(CSC(C)CC)C1CC(C)(C)OC1(C)C. The molecule has 19 heavy (non-hydrogen) atoms. The summed E-state index contributed by atoms with van der Waals surface area (Å²) in [6, 6.07) is 0.556. The highest BCUT2D eigenvalue weighted by molar-refractivity contribution is 7.99. The molecular formula is C16H33NOS. The van der Waals surface area contributed by atoms with Crippen molar-refractivity contribution in [2.24, 2.45) is 5.92 Å². The maximum atomic E-state index is 6.26. The molecule has 0 saturated carbocycles. The maximum Gasteiger partial charge on any atom is 0.0678 e. The van der Waals surface area contributed by atoms with Crippen LogP contribution in [0.4, 0.5) is 0 Å². The Bertz CT molecular complexity index is 278. The lowest BCUT2D eigenvalue weighted by molar-refractivity contribution is -0.0769. The minimum absolute atomic E-state index is 0.0167. The Morgan fingerprint density at radius 3 is 2.32 bits per heavy atom. The standard InChI is InChI=1S/C16H33NOS/c1-8-12(3)19-11-14(17-9-2)13-10-15(4,5)18-16(13,6)7/h12-14,17H,8-11H2,1-7H3. The molecule has 0 aromatic rings. The monoisotopic (exact) mass is 287 g/mol. The van der Waals surface area contributed by atoms with Crippen molar-refractivity contribution in [2.75, 3.05) is 12.3 Å². The van der Waals surface area contributed by atoms with Gasteiger partial charge in [0.15, 0.2) is 0 Å². The molecule has 3 unspecified atom stereocenters. The van der Waals surface area contributed by atoms with E-state index in [4.69, 9.17) is 4.74 Å². The molecule has 3 atom stereocenters. The maximum absolute atomic E-state index is 6.26. The summed E-state index contributed by atoms with van der Waals surface area (Å²) in [6.45, 7) is 16.8. The van der Waals surface area contributed by atoms with E-state index in [-0.39, 0.29) is 11.2 Å². The molecule has 1 N–H and O–H groups in total. The molecule has 0 spiro atoms. The second kappa shape index (κ2) is 6.82. The van der Waals surface area contributed by atoms with Crippen LogP contribution < -0.4 is 5.32 Å². The first kappa shape index (κ1) is 17.3. The summed E-state index contributed by atoms with van der Waals surface area (Å²) < 4.78 is 6.26. The van der Waals surface area contributed by atoms with E-state index in [1.807, 2.05) is 0 Å². The molecule has 3 heteroatoms. The summed E-state index contributed by atoms with van der Waals surface area (Å²) in [6.07, 6.45) is 2.40. The quantitative estimate of drug-likeness (QED) is 0.762. The van der Waals surface area contributed by atoms with Gasteiger partial charge in [-0.15, -0.1) is 0 Å². The van der Waals surface area contributed by atoms with E-state index < -0.39 is 0 Å². The Morgan fingerprint density at radius 2 is 1.89 bits per heavy atom. The van der Waals surface area contributed by atoms with Crippen LogP contribution in [0.1, 0.15) is 61.3 Å². The second-order valence-electron chi connectivity index (χ2n) is 6.99. The number of nitrogens with one attached hydrogen (secondary N) is 1. The molecule has 0 radical (unpaired) electrons. The van der Waals surface area contributed by atoms with E-state index in [1.54, 1.807) is 0 Å². The first-order valence-corrected chi connectivity index (χ1v) is 8.82. The van der Waals surface area contributed by atoms with Gasteiger partial charge in [0.05, 0.1) is 11.2 Å². The van der Waals surface area contributed by atoms with Gasteiger partial charge in [-0.05, 0) is 47.1 Å². The normalized spacial score (nSPS) is 28.3. The summed E-state index contributed by atoms with van der Waals surface area (Å²) in [5, 5.41) is 4.45. The van der Waals surface area contributed by atoms with Crippen LogP contribution in [0, 0.1) is 5.92 Å². The molecule has 1 rings (SSSR count). The molecule has 0 aliphatic carbocycles. The van der Waals surface area contributed by atoms with Gasteiger partial charge in [-0.25, -0.2) is 0 Å². The van der Waals surface area contributed by atoms with Gasteiger partial charge in [0.2, 0.25) is 0 Å². The lowest BCUT2D eigenvalue weighted by atomic mass is 9.82. The molecule has 1 heterocycles. The van der Waals surface area contributed by atoms with Crippen molar-refractivity contribution in [1.29, 1.82) is 0 Å². The minimum atomic E-state index is -0.0215. The minimum Gasteiger partial charge on any atom is -0.369 e. The molecule has 1 aliphatic rings. The molecule has 2 nitrogen and oxygen atoms in total. The van der Waals surface area contributed by atoms with Crippen LogP contribution in [0.3, 0.4) is 0 Å². The van der Waals surface area contributed by atoms with Crippen molar-refractivity contribution >= 4 is 11.8 Å². The van der Waals surface area contributed by atoms with Gasteiger partial charge in [0.25, 0.3) is 0 Å². The number of rotatable bonds is 7. The highest BCUT2D eigenvalue weighted by Gasteiger charge is 2.48. The molecule has 0 bridgehead atoms. The van der Waals surface area contributed by atoms with Crippen molar-refractivity contribution < 1.29 is 4.74 Å². The summed E-state index contributed by atoms with van der Waals surface area (Å²) >= 11 is 2.09. The number of thioether (sulfide) groups is 1. The largest absolute Gasteiger partial charge is 0.369 e. The molecule has 1 aliphatic heterocycles. The molecular weight excluding hydrogens is 254 g/mol. The Hall–Kier alpha value is 0.270. The molecule has 0 aromatic heterocycles. The van der Waals surface area contributed by atoms with Crippen molar-refractivity contribution in [3.63, 3.8) is 0 Å². The lowest BCUT2D eigenvalue weighted by Crippen LogP contribution is -2.46. The Balaban J connectivity index is 2.70. The Labute approximate surface area is 124 Å². The van der Waals surface area contributed by atoms with Crippen molar-refractivity contribution in [1.82, 2.24) is 5.32 Å². The molecule has 1 fully saturated rings. The highest BCUT2D eigenvalue weighted by atomic mass is 32.2. The summed E-state index contributed by atoms with van der Waals surface area (Å²) in [5.74, 6) is 1.79. The van der Waals surface area contributed by atoms with Crippen LogP contribution in [-0.2, 0) is 4.74 Å². The smallest absolute Gasteiger partial charge is 0.0678 e. The third-order valence-electron chi connectivity index (χ3n) is 4.23. The number of ether oxygens (including phenoxy) is 1. The van der Waals surface area contributed by atoms with Crippen LogP contribution in [-0.4, -0.2) is 34.8 Å². The number of hydrogen-bond donors (Lipinski definition) is 1. The van der Waals surface area contributed by atoms with Crippen LogP contribution in [0.15, 0.2) is 0 Å². The fourth-order valence-electron chi connectivity index (χ4n) is 3.20. The summed E-state index contributed by atoms with van der Waals surface area (Å²) in [7, 11) is 0. The lowest BCUT2D eigenvalue weighted by Gasteiger charge is -2.33. The number of hydrogen-bond acceptors (Lipinski definition) is 3. The Morgan fingerprint density at radius 1 is 1.26 bits per heavy atom. The van der Waals surface area contributed by atoms with Crippen molar-refractivity contribution in [3.05, 3.63) is 0 Å². The van der Waals surface area contributed by atoms with Crippen LogP contribution in [0.25, 0.3) is 0 Å². The van der Waals surface area contributed by atoms with E-state index in [0.29, 0.717) is 12.0 Å². The average molecular weight is 288 g/mol. The predicted molar refractivity (Wildman–Crippen MR) is 87.0 cm³/mol. The van der Waals surface area contributed by atoms with Crippen LogP contribution in [0.5, 0.6) is 0 Å². The highest BCUT2D eigenvalue weighted by Crippen LogP contribution is 2.44. The molecule has 0 aromatic carbocycles. The third-order valence-corrected chi connectivity index (χ3v) is 5.68. The van der Waals surface area contributed by atoms with E-state index >= 15 is 0 Å². The topological polar surface area (TPSA) is 21.3 Å². The Kier molecular flexibility index (Phi) is 6.22. The van der Waals surface area contributed by atoms with E-state index in [2.05, 4.69) is 65.5 Å². The van der Waals surface area contributed by atoms with Gasteiger partial charge in [-0.3, -0.25) is 0 Å². The first-order chi connectivity index (χ1) is 8.72. The molecule has 0 amide bonds. The van der Waals surface area contributed by atoms with Crippen molar-refractivity contribution in [3.8, 4) is 0 Å². The van der Waals surface area contributed by atoms with Crippen LogP contribution in [0.2, 0.25) is 0 Å². The predicted octanol–water partition coefficient (Wildman–Crippen LogP) is 4.09. The third kappa shape index (κ3) is 4.95. The zero-order chi connectivity index (χ0) is 14.7. The van der Waals surface area contributed by atoms with Gasteiger partial charge in [-0.2, -0.15) is 11.8 Å². The van der Waals surface area contributed by atoms with Gasteiger partial charge in [-0.1, -0.05) is 20.8 Å². The average Bonchev–Trinajstić information content (AvgIpc) is 2.52. The van der Waals surface area contributed by atoms with E-state index in [9.17, 15) is 0 Å². The molecule has 1 saturated heterocycles.